The molecular weight excluding hydrogens is 321 g/mol. The Morgan fingerprint density at radius 3 is 3.00 bits per heavy atom. The lowest BCUT2D eigenvalue weighted by Crippen LogP contribution is -2.30. The van der Waals surface area contributed by atoms with Crippen LogP contribution in [0.4, 0.5) is 4.39 Å². The van der Waals surface area contributed by atoms with Crippen LogP contribution in [0.5, 0.6) is 0 Å². The Balaban J connectivity index is 1.76. The van der Waals surface area contributed by atoms with E-state index in [0.29, 0.717) is 5.52 Å². The van der Waals surface area contributed by atoms with E-state index in [1.807, 2.05) is 19.9 Å². The summed E-state index contributed by atoms with van der Waals surface area (Å²) in [4.78, 5) is 19.8. The number of fused-ring (bicyclic) bond motifs is 1. The van der Waals surface area contributed by atoms with E-state index in [9.17, 15) is 9.18 Å². The molecule has 0 bridgehead atoms. The number of benzene rings is 1. The minimum Gasteiger partial charge on any atom is -0.356 e. The molecule has 132 valence electrons. The number of hydrogen-bond donors (Lipinski definition) is 2. The molecule has 3 rings (SSSR count). The lowest BCUT2D eigenvalue weighted by molar-refractivity contribution is -0.121. The summed E-state index contributed by atoms with van der Waals surface area (Å²) in [6.45, 7) is 6.56. The molecule has 2 aromatic heterocycles. The number of carbonyl (C=O) groups excluding carboxylic acids is 1. The molecule has 0 fully saturated rings. The Bertz CT molecular complexity index is 898. The maximum atomic E-state index is 13.9. The van der Waals surface area contributed by atoms with Gasteiger partial charge in [-0.05, 0) is 31.9 Å². The van der Waals surface area contributed by atoms with E-state index in [1.54, 1.807) is 10.7 Å². The van der Waals surface area contributed by atoms with Crippen LogP contribution in [0.2, 0.25) is 0 Å². The molecule has 1 unspecified atom stereocenters. The van der Waals surface area contributed by atoms with Crippen molar-refractivity contribution >= 4 is 16.8 Å². The first-order chi connectivity index (χ1) is 12.0. The lowest BCUT2D eigenvalue weighted by atomic mass is 10.1. The van der Waals surface area contributed by atoms with Crippen LogP contribution < -0.4 is 5.32 Å². The Morgan fingerprint density at radius 2 is 2.24 bits per heavy atom. The van der Waals surface area contributed by atoms with Gasteiger partial charge in [0.1, 0.15) is 18.0 Å². The minimum atomic E-state index is -0.312. The van der Waals surface area contributed by atoms with Gasteiger partial charge >= 0.3 is 0 Å². The van der Waals surface area contributed by atoms with Crippen LogP contribution in [0.3, 0.4) is 0 Å². The molecule has 2 N–H and O–H groups in total. The topological polar surface area (TPSA) is 75.6 Å². The Labute approximate surface area is 145 Å². The Hall–Kier alpha value is -2.70. The fraction of sp³-hybridized carbons (Fsp3) is 0.389. The molecule has 1 aromatic carbocycles. The number of halogens is 1. The molecule has 6 nitrogen and oxygen atoms in total. The van der Waals surface area contributed by atoms with Crippen LogP contribution in [0.1, 0.15) is 43.4 Å². The maximum absolute atomic E-state index is 13.9. The van der Waals surface area contributed by atoms with Crippen LogP contribution >= 0.6 is 0 Å². The third-order valence-electron chi connectivity index (χ3n) is 4.29. The van der Waals surface area contributed by atoms with Crippen molar-refractivity contribution in [2.45, 2.75) is 46.2 Å². The second-order valence-corrected chi connectivity index (χ2v) is 6.20. The first-order valence-electron chi connectivity index (χ1n) is 8.44. The Kier molecular flexibility index (Phi) is 4.83. The molecule has 2 heterocycles. The first kappa shape index (κ1) is 17.1. The zero-order valence-corrected chi connectivity index (χ0v) is 14.6. The summed E-state index contributed by atoms with van der Waals surface area (Å²) in [6.07, 6.45) is 2.62. The highest BCUT2D eigenvalue weighted by Gasteiger charge is 2.18. The SMILES string of the molecule is CCCn1ncnc1C(C)NC(=O)Cc1c(C)[nH]c2c(F)cccc12. The normalized spacial score (nSPS) is 12.5. The van der Waals surface area contributed by atoms with Crippen LogP contribution in [-0.4, -0.2) is 25.7 Å². The molecule has 0 spiro atoms. The van der Waals surface area contributed by atoms with E-state index >= 15 is 0 Å². The standard InChI is InChI=1S/C18H22FN5O/c1-4-8-24-18(20-10-21-24)12(3)22-16(25)9-14-11(2)23-17-13(14)6-5-7-15(17)19/h5-7,10,12,23H,4,8-9H2,1-3H3,(H,22,25). The second kappa shape index (κ2) is 7.04. The van der Waals surface area contributed by atoms with E-state index in [4.69, 9.17) is 0 Å². The number of rotatable bonds is 6. The van der Waals surface area contributed by atoms with Gasteiger partial charge in [-0.25, -0.2) is 14.1 Å². The first-order valence-corrected chi connectivity index (χ1v) is 8.44. The van der Waals surface area contributed by atoms with Crippen LogP contribution in [-0.2, 0) is 17.8 Å². The van der Waals surface area contributed by atoms with Gasteiger partial charge in [0.25, 0.3) is 0 Å². The minimum absolute atomic E-state index is 0.133. The molecule has 0 saturated heterocycles. The number of amides is 1. The number of carbonyl (C=O) groups is 1. The van der Waals surface area contributed by atoms with Gasteiger partial charge < -0.3 is 10.3 Å². The fourth-order valence-electron chi connectivity index (χ4n) is 3.11. The van der Waals surface area contributed by atoms with Gasteiger partial charge in [0.15, 0.2) is 0 Å². The summed E-state index contributed by atoms with van der Waals surface area (Å²) < 4.78 is 15.7. The molecule has 3 aromatic rings. The summed E-state index contributed by atoms with van der Waals surface area (Å²) in [6, 6.07) is 4.64. The maximum Gasteiger partial charge on any atom is 0.225 e. The van der Waals surface area contributed by atoms with Crippen LogP contribution in [0.15, 0.2) is 24.5 Å². The fourth-order valence-corrected chi connectivity index (χ4v) is 3.11. The number of para-hydroxylation sites is 1. The zero-order valence-electron chi connectivity index (χ0n) is 14.6. The average Bonchev–Trinajstić information content (AvgIpc) is 3.14. The quantitative estimate of drug-likeness (QED) is 0.722. The van der Waals surface area contributed by atoms with E-state index in [0.717, 1.165) is 35.4 Å². The number of nitrogens with zero attached hydrogens (tertiary/aromatic N) is 3. The summed E-state index contributed by atoms with van der Waals surface area (Å²) in [5, 5.41) is 7.88. The summed E-state index contributed by atoms with van der Waals surface area (Å²) in [5.74, 6) is 0.289. The smallest absolute Gasteiger partial charge is 0.225 e. The zero-order chi connectivity index (χ0) is 18.0. The summed E-state index contributed by atoms with van der Waals surface area (Å²) >= 11 is 0. The number of H-pyrrole nitrogens is 1. The number of aryl methyl sites for hydroxylation is 2. The van der Waals surface area contributed by atoms with Gasteiger partial charge in [0.2, 0.25) is 5.91 Å². The van der Waals surface area contributed by atoms with Gasteiger partial charge in [-0.2, -0.15) is 5.10 Å². The predicted octanol–water partition coefficient (Wildman–Crippen LogP) is 3.04. The highest BCUT2D eigenvalue weighted by Crippen LogP contribution is 2.24. The van der Waals surface area contributed by atoms with Gasteiger partial charge in [-0.15, -0.1) is 0 Å². The molecule has 0 aliphatic heterocycles. The number of aromatic nitrogens is 4. The van der Waals surface area contributed by atoms with E-state index < -0.39 is 0 Å². The van der Waals surface area contributed by atoms with Crippen LogP contribution in [0.25, 0.3) is 10.9 Å². The predicted molar refractivity (Wildman–Crippen MR) is 93.6 cm³/mol. The molecule has 25 heavy (non-hydrogen) atoms. The van der Waals surface area contributed by atoms with Crippen molar-refractivity contribution in [3.05, 3.63) is 47.4 Å². The van der Waals surface area contributed by atoms with Crippen molar-refractivity contribution < 1.29 is 9.18 Å². The molecular formula is C18H22FN5O. The highest BCUT2D eigenvalue weighted by molar-refractivity contribution is 5.90. The van der Waals surface area contributed by atoms with Gasteiger partial charge in [0, 0.05) is 17.6 Å². The van der Waals surface area contributed by atoms with Crippen molar-refractivity contribution in [3.8, 4) is 0 Å². The molecule has 1 atom stereocenters. The van der Waals surface area contributed by atoms with Crippen molar-refractivity contribution in [3.63, 3.8) is 0 Å². The van der Waals surface area contributed by atoms with Gasteiger partial charge in [-0.3, -0.25) is 4.79 Å². The third-order valence-corrected chi connectivity index (χ3v) is 4.29. The number of nitrogens with one attached hydrogen (secondary N) is 2. The molecule has 0 aliphatic carbocycles. The molecule has 0 radical (unpaired) electrons. The number of hydrogen-bond acceptors (Lipinski definition) is 3. The van der Waals surface area contributed by atoms with Gasteiger partial charge in [-0.1, -0.05) is 19.1 Å². The van der Waals surface area contributed by atoms with Crippen molar-refractivity contribution in [2.24, 2.45) is 0 Å². The molecule has 0 aliphatic rings. The van der Waals surface area contributed by atoms with Crippen LogP contribution in [0, 0.1) is 12.7 Å². The second-order valence-electron chi connectivity index (χ2n) is 6.20. The van der Waals surface area contributed by atoms with Crippen molar-refractivity contribution in [1.29, 1.82) is 0 Å². The lowest BCUT2D eigenvalue weighted by Gasteiger charge is -2.14. The van der Waals surface area contributed by atoms with E-state index in [1.165, 1.54) is 12.4 Å². The highest BCUT2D eigenvalue weighted by atomic mass is 19.1. The Morgan fingerprint density at radius 1 is 1.44 bits per heavy atom. The average molecular weight is 343 g/mol. The third kappa shape index (κ3) is 3.40. The summed E-state index contributed by atoms with van der Waals surface area (Å²) in [5.41, 5.74) is 2.06. The monoisotopic (exact) mass is 343 g/mol. The molecule has 0 saturated carbocycles. The molecule has 1 amide bonds. The van der Waals surface area contributed by atoms with Crippen molar-refractivity contribution in [1.82, 2.24) is 25.1 Å². The largest absolute Gasteiger partial charge is 0.356 e. The van der Waals surface area contributed by atoms with Gasteiger partial charge in [0.05, 0.1) is 18.0 Å². The van der Waals surface area contributed by atoms with Crippen molar-refractivity contribution in [2.75, 3.05) is 0 Å². The summed E-state index contributed by atoms with van der Waals surface area (Å²) in [7, 11) is 0. The number of aromatic amines is 1. The van der Waals surface area contributed by atoms with E-state index in [2.05, 4.69) is 27.3 Å². The van der Waals surface area contributed by atoms with E-state index in [-0.39, 0.29) is 24.2 Å². The molecule has 7 heteroatoms.